The van der Waals surface area contributed by atoms with Crippen LogP contribution >= 0.6 is 94.1 Å². The summed E-state index contributed by atoms with van der Waals surface area (Å²) < 4.78 is 5.61. The summed E-state index contributed by atoms with van der Waals surface area (Å²) in [5.74, 6) is 0. The van der Waals surface area contributed by atoms with Gasteiger partial charge >= 0.3 is 0 Å². The van der Waals surface area contributed by atoms with Crippen LogP contribution in [0.4, 0.5) is 0 Å². The van der Waals surface area contributed by atoms with Gasteiger partial charge in [-0.3, -0.25) is 0 Å². The van der Waals surface area contributed by atoms with Crippen LogP contribution in [-0.4, -0.2) is 0 Å². The second kappa shape index (κ2) is 11.5. The van der Waals surface area contributed by atoms with Gasteiger partial charge in [-0.2, -0.15) is 0 Å². The Hall–Kier alpha value is -0.0600. The highest BCUT2D eigenvalue weighted by Gasteiger charge is 2.19. The Kier molecular flexibility index (Phi) is 8.69. The number of allylic oxidation sites excluding steroid dienone is 2. The Labute approximate surface area is 236 Å². The van der Waals surface area contributed by atoms with Gasteiger partial charge in [-0.05, 0) is 106 Å². The SMILES string of the molecule is Cc1c(C)c(/C=C/C2=CSC(=C3SC=CS3)S2)c(C)c(C)c1/C=C/C1=CSC(=C2SC=CS2)S1. The van der Waals surface area contributed by atoms with Gasteiger partial charge in [-0.15, -0.1) is 0 Å². The summed E-state index contributed by atoms with van der Waals surface area (Å²) in [6.45, 7) is 9.05. The molecule has 0 atom stereocenters. The molecular formula is C26H22S8. The average molecular weight is 591 g/mol. The van der Waals surface area contributed by atoms with Gasteiger partial charge in [0.05, 0.1) is 16.9 Å². The van der Waals surface area contributed by atoms with E-state index in [1.54, 1.807) is 0 Å². The molecule has 0 N–H and O–H groups in total. The maximum Gasteiger partial charge on any atom is 0.0700 e. The van der Waals surface area contributed by atoms with Crippen molar-refractivity contribution in [2.24, 2.45) is 0 Å². The van der Waals surface area contributed by atoms with E-state index in [1.165, 1.54) is 60.1 Å². The van der Waals surface area contributed by atoms with E-state index in [1.807, 2.05) is 94.1 Å². The zero-order chi connectivity index (χ0) is 23.7. The van der Waals surface area contributed by atoms with Gasteiger partial charge in [0.25, 0.3) is 0 Å². The van der Waals surface area contributed by atoms with Crippen molar-refractivity contribution in [3.8, 4) is 0 Å². The van der Waals surface area contributed by atoms with E-state index < -0.39 is 0 Å². The number of hydrogen-bond acceptors (Lipinski definition) is 8. The number of thioether (sulfide) groups is 8. The van der Waals surface area contributed by atoms with Gasteiger partial charge < -0.3 is 0 Å². The Balaban J connectivity index is 1.33. The van der Waals surface area contributed by atoms with Crippen LogP contribution in [0.1, 0.15) is 33.4 Å². The van der Waals surface area contributed by atoms with Gasteiger partial charge in [0.15, 0.2) is 0 Å². The van der Waals surface area contributed by atoms with Gasteiger partial charge in [-0.1, -0.05) is 106 Å². The van der Waals surface area contributed by atoms with Crippen LogP contribution in [0.5, 0.6) is 0 Å². The second-order valence-corrected chi connectivity index (χ2v) is 16.3. The van der Waals surface area contributed by atoms with Crippen LogP contribution in [-0.2, 0) is 0 Å². The molecule has 0 saturated heterocycles. The minimum Gasteiger partial charge on any atom is -0.0884 e. The van der Waals surface area contributed by atoms with Crippen molar-refractivity contribution in [1.29, 1.82) is 0 Å². The highest BCUT2D eigenvalue weighted by atomic mass is 32.2. The lowest BCUT2D eigenvalue weighted by molar-refractivity contribution is 1.21. The second-order valence-electron chi connectivity index (χ2n) is 7.64. The van der Waals surface area contributed by atoms with Gasteiger partial charge in [0, 0.05) is 9.81 Å². The Bertz CT molecular complexity index is 1140. The smallest absolute Gasteiger partial charge is 0.0700 e. The molecule has 34 heavy (non-hydrogen) atoms. The number of hydrogen-bond donors (Lipinski definition) is 0. The van der Waals surface area contributed by atoms with Crippen molar-refractivity contribution in [3.05, 3.63) is 105 Å². The summed E-state index contributed by atoms with van der Waals surface area (Å²) in [5.41, 5.74) is 8.19. The molecule has 4 aliphatic heterocycles. The summed E-state index contributed by atoms with van der Waals surface area (Å²) in [7, 11) is 0. The normalized spacial score (nSPS) is 20.2. The van der Waals surface area contributed by atoms with Crippen LogP contribution in [0.25, 0.3) is 12.2 Å². The molecule has 0 bridgehead atoms. The van der Waals surface area contributed by atoms with E-state index in [-0.39, 0.29) is 0 Å². The van der Waals surface area contributed by atoms with Crippen molar-refractivity contribution in [2.45, 2.75) is 27.7 Å². The molecule has 0 unspecified atom stereocenters. The summed E-state index contributed by atoms with van der Waals surface area (Å²) >= 11 is 14.8. The third-order valence-electron chi connectivity index (χ3n) is 5.70. The van der Waals surface area contributed by atoms with Crippen molar-refractivity contribution >= 4 is 106 Å². The van der Waals surface area contributed by atoms with Gasteiger partial charge in [-0.25, -0.2) is 0 Å². The molecule has 0 fully saturated rings. The molecule has 4 heterocycles. The largest absolute Gasteiger partial charge is 0.0884 e. The first-order valence-corrected chi connectivity index (χ1v) is 17.4. The first-order chi connectivity index (χ1) is 16.5. The number of rotatable bonds is 4. The first kappa shape index (κ1) is 25.6. The summed E-state index contributed by atoms with van der Waals surface area (Å²) in [5, 5.41) is 13.2. The molecule has 174 valence electrons. The monoisotopic (exact) mass is 590 g/mol. The third-order valence-corrected chi connectivity index (χ3v) is 15.7. The van der Waals surface area contributed by atoms with E-state index in [4.69, 9.17) is 0 Å². The zero-order valence-corrected chi connectivity index (χ0v) is 25.6. The molecule has 0 aromatic heterocycles. The topological polar surface area (TPSA) is 0 Å². The van der Waals surface area contributed by atoms with Gasteiger partial charge in [0.1, 0.15) is 0 Å². The lowest BCUT2D eigenvalue weighted by Crippen LogP contribution is -1.99. The molecule has 1 aromatic carbocycles. The van der Waals surface area contributed by atoms with Gasteiger partial charge in [0.2, 0.25) is 0 Å². The highest BCUT2D eigenvalue weighted by molar-refractivity contribution is 8.34. The van der Waals surface area contributed by atoms with E-state index in [9.17, 15) is 0 Å². The van der Waals surface area contributed by atoms with Crippen LogP contribution in [0.2, 0.25) is 0 Å². The maximum absolute atomic E-state index is 2.31. The molecule has 0 spiro atoms. The highest BCUT2D eigenvalue weighted by Crippen LogP contribution is 2.54. The van der Waals surface area contributed by atoms with Crippen LogP contribution in [0, 0.1) is 27.7 Å². The molecule has 8 heteroatoms. The van der Waals surface area contributed by atoms with Crippen molar-refractivity contribution in [2.75, 3.05) is 0 Å². The van der Waals surface area contributed by atoms with E-state index >= 15 is 0 Å². The fourth-order valence-corrected chi connectivity index (χ4v) is 12.4. The minimum absolute atomic E-state index is 1.32. The fraction of sp³-hybridized carbons (Fsp3) is 0.154. The van der Waals surface area contributed by atoms with E-state index in [2.05, 4.69) is 84.4 Å². The predicted molar refractivity (Wildman–Crippen MR) is 173 cm³/mol. The van der Waals surface area contributed by atoms with E-state index in [0.717, 1.165) is 0 Å². The van der Waals surface area contributed by atoms with Crippen LogP contribution in [0.15, 0.2) is 71.4 Å². The summed E-state index contributed by atoms with van der Waals surface area (Å²) in [6, 6.07) is 0. The van der Waals surface area contributed by atoms with Crippen LogP contribution < -0.4 is 0 Å². The zero-order valence-electron chi connectivity index (χ0n) is 19.0. The van der Waals surface area contributed by atoms with Crippen molar-refractivity contribution in [1.82, 2.24) is 0 Å². The van der Waals surface area contributed by atoms with E-state index in [0.29, 0.717) is 0 Å². The van der Waals surface area contributed by atoms with Crippen LogP contribution in [0.3, 0.4) is 0 Å². The molecule has 0 radical (unpaired) electrons. The quantitative estimate of drug-likeness (QED) is 0.335. The van der Waals surface area contributed by atoms with Crippen molar-refractivity contribution < 1.29 is 0 Å². The lowest BCUT2D eigenvalue weighted by Gasteiger charge is -2.17. The number of benzene rings is 1. The first-order valence-electron chi connectivity index (χ1n) is 10.5. The molecular weight excluding hydrogens is 569 g/mol. The molecule has 0 nitrogen and oxygen atoms in total. The Morgan fingerprint density at radius 1 is 0.441 bits per heavy atom. The standard InChI is InChI=1S/C26H22S8/c1-15-16(2)22(8-6-20-14-32-26(34-20)24-29-11-12-30-24)18(4)17(3)21(15)7-5-19-13-31-25(33-19)23-27-9-10-28-23/h5-14H,1-4H3/b7-5+,8-6+. The summed E-state index contributed by atoms with van der Waals surface area (Å²) in [4.78, 5) is 2.64. The summed E-state index contributed by atoms with van der Waals surface area (Å²) in [6.07, 6.45) is 9.20. The molecule has 5 rings (SSSR count). The average Bonchev–Trinajstić information content (AvgIpc) is 3.63. The molecule has 1 aromatic rings. The Morgan fingerprint density at radius 2 is 0.794 bits per heavy atom. The van der Waals surface area contributed by atoms with Crippen molar-refractivity contribution in [3.63, 3.8) is 0 Å². The third kappa shape index (κ3) is 5.59. The molecule has 0 saturated carbocycles. The molecule has 4 aliphatic rings. The lowest BCUT2D eigenvalue weighted by atomic mass is 9.88. The predicted octanol–water partition coefficient (Wildman–Crippen LogP) is 11.7. The fourth-order valence-electron chi connectivity index (χ4n) is 3.67. The minimum atomic E-state index is 1.32. The Morgan fingerprint density at radius 3 is 1.15 bits per heavy atom. The molecule has 0 aliphatic carbocycles. The maximum atomic E-state index is 2.31. The molecule has 0 amide bonds.